The fourth-order valence-corrected chi connectivity index (χ4v) is 6.65. The number of amides is 1. The SMILES string of the molecule is CCOc1cccc(F)c1CN1CCN(C(=O)[C@H](N)C2CCN(CCc3cc(Cl)ccc3-c3cn(C)nc3C)CC2)CC1. The normalized spacial score (nSPS) is 17.8. The van der Waals surface area contributed by atoms with Crippen molar-refractivity contribution in [2.75, 3.05) is 52.4 Å². The van der Waals surface area contributed by atoms with Gasteiger partial charge in [-0.15, -0.1) is 0 Å². The number of halogens is 2. The van der Waals surface area contributed by atoms with Gasteiger partial charge in [0.25, 0.3) is 0 Å². The molecule has 8 nitrogen and oxygen atoms in total. The number of nitrogens with zero attached hydrogens (tertiary/aromatic N) is 5. The Labute approximate surface area is 259 Å². The third-order valence-electron chi connectivity index (χ3n) is 8.93. The van der Waals surface area contributed by atoms with Crippen molar-refractivity contribution < 1.29 is 13.9 Å². The molecule has 0 saturated carbocycles. The van der Waals surface area contributed by atoms with Gasteiger partial charge in [0.2, 0.25) is 5.91 Å². The average Bonchev–Trinajstić information content (AvgIpc) is 3.35. The summed E-state index contributed by atoms with van der Waals surface area (Å²) in [6, 6.07) is 10.6. The first-order chi connectivity index (χ1) is 20.7. The number of likely N-dealkylation sites (tertiary alicyclic amines) is 1. The van der Waals surface area contributed by atoms with Crippen molar-refractivity contribution in [2.24, 2.45) is 18.7 Å². The van der Waals surface area contributed by atoms with E-state index in [1.807, 2.05) is 42.6 Å². The van der Waals surface area contributed by atoms with Gasteiger partial charge < -0.3 is 20.3 Å². The number of aromatic nitrogens is 2. The summed E-state index contributed by atoms with van der Waals surface area (Å²) in [7, 11) is 1.94. The number of rotatable bonds is 10. The lowest BCUT2D eigenvalue weighted by atomic mass is 9.88. The van der Waals surface area contributed by atoms with E-state index in [-0.39, 0.29) is 17.6 Å². The number of nitrogens with two attached hydrogens (primary N) is 1. The maximum atomic E-state index is 14.5. The number of piperazine rings is 1. The number of carbonyl (C=O) groups excluding carboxylic acids is 1. The molecule has 2 aliphatic heterocycles. The monoisotopic (exact) mass is 610 g/mol. The van der Waals surface area contributed by atoms with Gasteiger partial charge in [0.05, 0.1) is 18.3 Å². The first kappa shape index (κ1) is 31.4. The van der Waals surface area contributed by atoms with Gasteiger partial charge in [0, 0.05) is 68.7 Å². The second-order valence-electron chi connectivity index (χ2n) is 11.8. The lowest BCUT2D eigenvalue weighted by molar-refractivity contribution is -0.136. The first-order valence-corrected chi connectivity index (χ1v) is 15.8. The summed E-state index contributed by atoms with van der Waals surface area (Å²) in [6.07, 6.45) is 4.77. The van der Waals surface area contributed by atoms with Crippen molar-refractivity contribution in [3.63, 3.8) is 0 Å². The molecule has 2 saturated heterocycles. The molecule has 3 aromatic rings. The highest BCUT2D eigenvalue weighted by atomic mass is 35.5. The summed E-state index contributed by atoms with van der Waals surface area (Å²) in [6.45, 7) is 10.2. The molecular weight excluding hydrogens is 567 g/mol. The third-order valence-corrected chi connectivity index (χ3v) is 9.17. The van der Waals surface area contributed by atoms with E-state index in [9.17, 15) is 9.18 Å². The van der Waals surface area contributed by atoms with Crippen LogP contribution in [0.3, 0.4) is 0 Å². The minimum atomic E-state index is -0.488. The number of carbonyl (C=O) groups is 1. The van der Waals surface area contributed by atoms with Crippen LogP contribution in [0.5, 0.6) is 5.75 Å². The number of piperidine rings is 1. The molecule has 10 heteroatoms. The predicted molar refractivity (Wildman–Crippen MR) is 169 cm³/mol. The Kier molecular flexibility index (Phi) is 10.4. The lowest BCUT2D eigenvalue weighted by Gasteiger charge is -2.39. The fraction of sp³-hybridized carbons (Fsp3) is 0.515. The minimum Gasteiger partial charge on any atom is -0.493 e. The molecule has 232 valence electrons. The van der Waals surface area contributed by atoms with Crippen LogP contribution in [0.25, 0.3) is 11.1 Å². The molecule has 2 aliphatic rings. The molecule has 1 amide bonds. The van der Waals surface area contributed by atoms with Crippen molar-refractivity contribution in [2.45, 2.75) is 45.7 Å². The van der Waals surface area contributed by atoms with Gasteiger partial charge in [-0.3, -0.25) is 14.4 Å². The van der Waals surface area contributed by atoms with Gasteiger partial charge >= 0.3 is 0 Å². The van der Waals surface area contributed by atoms with Crippen molar-refractivity contribution in [1.82, 2.24) is 24.5 Å². The van der Waals surface area contributed by atoms with E-state index in [2.05, 4.69) is 33.2 Å². The standard InChI is InChI=1S/C33H44ClFN6O2/c1-4-43-31-7-5-6-30(35)29(31)22-40-16-18-41(19-17-40)33(42)32(36)24-10-13-39(14-11-24)15-12-25-20-26(34)8-9-27(25)28-21-38(3)37-23(28)2/h5-9,20-21,24,32H,4,10-19,22,36H2,1-3H3/t32-/m1/s1. The Morgan fingerprint density at radius 1 is 1.09 bits per heavy atom. The van der Waals surface area contributed by atoms with Crippen LogP contribution in [-0.4, -0.2) is 88.8 Å². The molecule has 0 bridgehead atoms. The molecule has 2 aromatic carbocycles. The van der Waals surface area contributed by atoms with Crippen LogP contribution in [0, 0.1) is 18.7 Å². The van der Waals surface area contributed by atoms with Crippen LogP contribution < -0.4 is 10.5 Å². The molecule has 2 fully saturated rings. The van der Waals surface area contributed by atoms with Gasteiger partial charge in [-0.1, -0.05) is 23.7 Å². The summed E-state index contributed by atoms with van der Waals surface area (Å²) in [5.74, 6) is 0.545. The maximum Gasteiger partial charge on any atom is 0.239 e. The quantitative estimate of drug-likeness (QED) is 0.364. The molecule has 0 radical (unpaired) electrons. The summed E-state index contributed by atoms with van der Waals surface area (Å²) in [5, 5.41) is 5.26. The second kappa shape index (κ2) is 14.2. The molecule has 1 atom stereocenters. The van der Waals surface area contributed by atoms with Crippen molar-refractivity contribution in [1.29, 1.82) is 0 Å². The van der Waals surface area contributed by atoms with Gasteiger partial charge in [-0.2, -0.15) is 5.10 Å². The number of aryl methyl sites for hydroxylation is 2. The first-order valence-electron chi connectivity index (χ1n) is 15.4. The number of hydrogen-bond donors (Lipinski definition) is 1. The van der Waals surface area contributed by atoms with E-state index in [1.54, 1.807) is 6.07 Å². The van der Waals surface area contributed by atoms with Crippen molar-refractivity contribution in [3.8, 4) is 16.9 Å². The Morgan fingerprint density at radius 3 is 2.51 bits per heavy atom. The summed E-state index contributed by atoms with van der Waals surface area (Å²) in [4.78, 5) is 19.9. The van der Waals surface area contributed by atoms with Crippen LogP contribution in [0.4, 0.5) is 4.39 Å². The van der Waals surface area contributed by atoms with E-state index in [0.717, 1.165) is 55.2 Å². The molecular formula is C33H44ClFN6O2. The van der Waals surface area contributed by atoms with Gasteiger partial charge in [0.15, 0.2) is 0 Å². The number of ether oxygens (including phenoxy) is 1. The Morgan fingerprint density at radius 2 is 1.84 bits per heavy atom. The molecule has 5 rings (SSSR count). The zero-order valence-electron chi connectivity index (χ0n) is 25.6. The van der Waals surface area contributed by atoms with Crippen molar-refractivity contribution in [3.05, 3.63) is 70.3 Å². The van der Waals surface area contributed by atoms with Crippen LogP contribution in [0.1, 0.15) is 36.6 Å². The van der Waals surface area contributed by atoms with E-state index >= 15 is 0 Å². The number of hydrogen-bond acceptors (Lipinski definition) is 6. The minimum absolute atomic E-state index is 0.0365. The number of benzene rings is 2. The second-order valence-corrected chi connectivity index (χ2v) is 12.2. The van der Waals surface area contributed by atoms with Crippen LogP contribution >= 0.6 is 11.6 Å². The molecule has 43 heavy (non-hydrogen) atoms. The molecule has 1 aromatic heterocycles. The van der Waals surface area contributed by atoms with Crippen LogP contribution in [-0.2, 0) is 24.8 Å². The van der Waals surface area contributed by atoms with E-state index in [4.69, 9.17) is 22.1 Å². The van der Waals surface area contributed by atoms with E-state index in [0.29, 0.717) is 50.6 Å². The Balaban J connectivity index is 1.09. The van der Waals surface area contributed by atoms with Gasteiger partial charge in [-0.05, 0) is 87.5 Å². The van der Waals surface area contributed by atoms with Crippen LogP contribution in [0.2, 0.25) is 5.02 Å². The zero-order valence-corrected chi connectivity index (χ0v) is 26.3. The third kappa shape index (κ3) is 7.58. The highest BCUT2D eigenvalue weighted by molar-refractivity contribution is 6.30. The van der Waals surface area contributed by atoms with E-state index in [1.165, 1.54) is 17.2 Å². The smallest absolute Gasteiger partial charge is 0.239 e. The lowest BCUT2D eigenvalue weighted by Crippen LogP contribution is -2.55. The topological polar surface area (TPSA) is 79.9 Å². The van der Waals surface area contributed by atoms with Gasteiger partial charge in [0.1, 0.15) is 11.6 Å². The molecule has 0 aliphatic carbocycles. The fourth-order valence-electron chi connectivity index (χ4n) is 6.46. The highest BCUT2D eigenvalue weighted by Gasteiger charge is 2.33. The molecule has 3 heterocycles. The summed E-state index contributed by atoms with van der Waals surface area (Å²) in [5.41, 5.74) is 11.7. The average molecular weight is 611 g/mol. The van der Waals surface area contributed by atoms with E-state index < -0.39 is 6.04 Å². The predicted octanol–water partition coefficient (Wildman–Crippen LogP) is 4.51. The molecule has 2 N–H and O–H groups in total. The van der Waals surface area contributed by atoms with Crippen LogP contribution in [0.15, 0.2) is 42.6 Å². The molecule has 0 unspecified atom stereocenters. The Bertz CT molecular complexity index is 1400. The van der Waals surface area contributed by atoms with Gasteiger partial charge in [-0.25, -0.2) is 4.39 Å². The Hall–Kier alpha value is -2.98. The molecule has 0 spiro atoms. The summed E-state index contributed by atoms with van der Waals surface area (Å²) >= 11 is 6.38. The highest BCUT2D eigenvalue weighted by Crippen LogP contribution is 2.30. The largest absolute Gasteiger partial charge is 0.493 e. The summed E-state index contributed by atoms with van der Waals surface area (Å²) < 4.78 is 22.0. The zero-order chi connectivity index (χ0) is 30.5. The van der Waals surface area contributed by atoms with Crippen molar-refractivity contribution >= 4 is 17.5 Å². The maximum absolute atomic E-state index is 14.5.